The number of H-pyrrole nitrogens is 1. The molecule has 21 heavy (non-hydrogen) atoms. The zero-order valence-electron chi connectivity index (χ0n) is 12.9. The van der Waals surface area contributed by atoms with Crippen LogP contribution in [0.3, 0.4) is 0 Å². The molecule has 1 unspecified atom stereocenters. The fourth-order valence-corrected chi connectivity index (χ4v) is 3.12. The monoisotopic (exact) mass is 288 g/mol. The molecule has 3 rings (SSSR count). The second-order valence-electron chi connectivity index (χ2n) is 5.94. The van der Waals surface area contributed by atoms with Crippen LogP contribution in [0.25, 0.3) is 0 Å². The number of hydrogen-bond acceptors (Lipinski definition) is 4. The Morgan fingerprint density at radius 2 is 2.24 bits per heavy atom. The molecule has 114 valence electrons. The van der Waals surface area contributed by atoms with Crippen molar-refractivity contribution in [1.29, 1.82) is 0 Å². The highest BCUT2D eigenvalue weighted by atomic mass is 15.2. The Balaban J connectivity index is 1.49. The molecule has 1 aliphatic rings. The smallest absolute Gasteiger partial charge is 0.155 e. The van der Waals surface area contributed by atoms with Crippen molar-refractivity contribution in [2.24, 2.45) is 0 Å². The molecular formula is C15H24N6. The van der Waals surface area contributed by atoms with Gasteiger partial charge in [0, 0.05) is 31.4 Å². The molecule has 0 aromatic carbocycles. The summed E-state index contributed by atoms with van der Waals surface area (Å²) >= 11 is 0. The number of imidazole rings is 1. The van der Waals surface area contributed by atoms with E-state index in [4.69, 9.17) is 0 Å². The number of likely N-dealkylation sites (tertiary alicyclic amines) is 1. The molecule has 1 atom stereocenters. The van der Waals surface area contributed by atoms with E-state index >= 15 is 0 Å². The molecule has 3 heterocycles. The quantitative estimate of drug-likeness (QED) is 0.912. The van der Waals surface area contributed by atoms with Gasteiger partial charge in [-0.3, -0.25) is 5.10 Å². The Morgan fingerprint density at radius 3 is 2.95 bits per heavy atom. The number of piperidine rings is 1. The normalized spacial score (nSPS) is 20.0. The third-order valence-corrected chi connectivity index (χ3v) is 4.28. The Bertz CT molecular complexity index is 572. The van der Waals surface area contributed by atoms with E-state index in [1.165, 1.54) is 19.4 Å². The highest BCUT2D eigenvalue weighted by Crippen LogP contribution is 2.24. The zero-order chi connectivity index (χ0) is 14.7. The predicted octanol–water partition coefficient (Wildman–Crippen LogP) is 1.89. The molecular weight excluding hydrogens is 264 g/mol. The predicted molar refractivity (Wildman–Crippen MR) is 81.1 cm³/mol. The fourth-order valence-electron chi connectivity index (χ4n) is 3.12. The largest absolute Gasteiger partial charge is 0.335 e. The number of aromatic nitrogens is 5. The minimum Gasteiger partial charge on any atom is -0.335 e. The molecule has 6 nitrogen and oxygen atoms in total. The molecule has 0 radical (unpaired) electrons. The lowest BCUT2D eigenvalue weighted by Crippen LogP contribution is -2.35. The van der Waals surface area contributed by atoms with Crippen molar-refractivity contribution in [2.45, 2.75) is 45.6 Å². The second-order valence-corrected chi connectivity index (χ2v) is 5.94. The van der Waals surface area contributed by atoms with E-state index in [9.17, 15) is 0 Å². The summed E-state index contributed by atoms with van der Waals surface area (Å²) in [6.45, 7) is 8.49. The van der Waals surface area contributed by atoms with Crippen LogP contribution in [0.1, 0.15) is 42.7 Å². The van der Waals surface area contributed by atoms with Gasteiger partial charge in [-0.15, -0.1) is 0 Å². The van der Waals surface area contributed by atoms with Crippen LogP contribution in [0, 0.1) is 13.8 Å². The van der Waals surface area contributed by atoms with Gasteiger partial charge in [0.25, 0.3) is 0 Å². The molecule has 6 heteroatoms. The van der Waals surface area contributed by atoms with Crippen molar-refractivity contribution in [1.82, 2.24) is 29.6 Å². The van der Waals surface area contributed by atoms with Gasteiger partial charge in [0.15, 0.2) is 5.82 Å². The van der Waals surface area contributed by atoms with Gasteiger partial charge in [-0.25, -0.2) is 9.97 Å². The van der Waals surface area contributed by atoms with Crippen LogP contribution in [-0.2, 0) is 6.54 Å². The standard InChI is InChI=1S/C15H24N6/c1-12-17-15(19-18-12)14-5-3-7-20(11-14)8-4-9-21-10-6-16-13(21)2/h6,10,14H,3-5,7-9,11H2,1-2H3,(H,17,18,19). The van der Waals surface area contributed by atoms with E-state index in [-0.39, 0.29) is 0 Å². The van der Waals surface area contributed by atoms with Gasteiger partial charge in [-0.05, 0) is 46.2 Å². The maximum atomic E-state index is 4.50. The Hall–Kier alpha value is -1.69. The minimum atomic E-state index is 0.485. The topological polar surface area (TPSA) is 62.6 Å². The van der Waals surface area contributed by atoms with Gasteiger partial charge in [0.2, 0.25) is 0 Å². The fraction of sp³-hybridized carbons (Fsp3) is 0.667. The van der Waals surface area contributed by atoms with Crippen molar-refractivity contribution in [3.63, 3.8) is 0 Å². The first kappa shape index (κ1) is 14.3. The Morgan fingerprint density at radius 1 is 1.33 bits per heavy atom. The summed E-state index contributed by atoms with van der Waals surface area (Å²) in [4.78, 5) is 11.3. The number of aromatic amines is 1. The summed E-state index contributed by atoms with van der Waals surface area (Å²) in [7, 11) is 0. The zero-order valence-corrected chi connectivity index (χ0v) is 12.9. The SMILES string of the molecule is Cc1nc(C2CCCN(CCCn3ccnc3C)C2)n[nH]1. The van der Waals surface area contributed by atoms with Gasteiger partial charge in [0.05, 0.1) is 0 Å². The molecule has 1 aliphatic heterocycles. The lowest BCUT2D eigenvalue weighted by atomic mass is 9.97. The van der Waals surface area contributed by atoms with Crippen LogP contribution < -0.4 is 0 Å². The lowest BCUT2D eigenvalue weighted by Gasteiger charge is -2.31. The van der Waals surface area contributed by atoms with Crippen molar-refractivity contribution in [3.05, 3.63) is 29.9 Å². The minimum absolute atomic E-state index is 0.485. The molecule has 0 aliphatic carbocycles. The summed E-state index contributed by atoms with van der Waals surface area (Å²) in [5, 5.41) is 7.29. The highest BCUT2D eigenvalue weighted by molar-refractivity contribution is 4.99. The Labute approximate surface area is 125 Å². The van der Waals surface area contributed by atoms with Crippen LogP contribution in [0.4, 0.5) is 0 Å². The van der Waals surface area contributed by atoms with E-state index in [2.05, 4.69) is 42.8 Å². The van der Waals surface area contributed by atoms with E-state index in [1.54, 1.807) is 0 Å². The molecule has 0 bridgehead atoms. The average molecular weight is 288 g/mol. The van der Waals surface area contributed by atoms with Crippen molar-refractivity contribution < 1.29 is 0 Å². The van der Waals surface area contributed by atoms with Crippen molar-refractivity contribution in [2.75, 3.05) is 19.6 Å². The number of nitrogens with zero attached hydrogens (tertiary/aromatic N) is 5. The molecule has 1 fully saturated rings. The number of nitrogens with one attached hydrogen (secondary N) is 1. The van der Waals surface area contributed by atoms with E-state index in [0.717, 1.165) is 43.5 Å². The maximum Gasteiger partial charge on any atom is 0.155 e. The summed E-state index contributed by atoms with van der Waals surface area (Å²) in [6, 6.07) is 0. The molecule has 2 aromatic heterocycles. The third-order valence-electron chi connectivity index (χ3n) is 4.28. The molecule has 2 aromatic rings. The van der Waals surface area contributed by atoms with Gasteiger partial charge in [-0.2, -0.15) is 5.10 Å². The first-order valence-electron chi connectivity index (χ1n) is 7.81. The summed E-state index contributed by atoms with van der Waals surface area (Å²) in [6.07, 6.45) is 7.54. The highest BCUT2D eigenvalue weighted by Gasteiger charge is 2.23. The van der Waals surface area contributed by atoms with Crippen LogP contribution in [-0.4, -0.2) is 49.3 Å². The maximum absolute atomic E-state index is 4.50. The molecule has 0 spiro atoms. The summed E-state index contributed by atoms with van der Waals surface area (Å²) in [5.41, 5.74) is 0. The van der Waals surface area contributed by atoms with Crippen LogP contribution in [0.15, 0.2) is 12.4 Å². The molecule has 0 saturated carbocycles. The van der Waals surface area contributed by atoms with Gasteiger partial charge in [-0.1, -0.05) is 0 Å². The van der Waals surface area contributed by atoms with Gasteiger partial charge in [0.1, 0.15) is 11.6 Å². The van der Waals surface area contributed by atoms with Crippen LogP contribution >= 0.6 is 0 Å². The van der Waals surface area contributed by atoms with E-state index in [0.29, 0.717) is 5.92 Å². The lowest BCUT2D eigenvalue weighted by molar-refractivity contribution is 0.199. The first-order chi connectivity index (χ1) is 10.2. The van der Waals surface area contributed by atoms with Gasteiger partial charge >= 0.3 is 0 Å². The molecule has 0 amide bonds. The summed E-state index contributed by atoms with van der Waals surface area (Å²) < 4.78 is 2.22. The third kappa shape index (κ3) is 3.50. The number of rotatable bonds is 5. The molecule has 1 N–H and O–H groups in total. The number of hydrogen-bond donors (Lipinski definition) is 1. The van der Waals surface area contributed by atoms with Crippen LogP contribution in [0.5, 0.6) is 0 Å². The van der Waals surface area contributed by atoms with Crippen molar-refractivity contribution in [3.8, 4) is 0 Å². The summed E-state index contributed by atoms with van der Waals surface area (Å²) in [5.74, 6) is 3.49. The average Bonchev–Trinajstić information content (AvgIpc) is 3.09. The van der Waals surface area contributed by atoms with E-state index < -0.39 is 0 Å². The van der Waals surface area contributed by atoms with E-state index in [1.807, 2.05) is 13.1 Å². The second kappa shape index (κ2) is 6.39. The molecule has 1 saturated heterocycles. The van der Waals surface area contributed by atoms with Crippen molar-refractivity contribution >= 4 is 0 Å². The first-order valence-corrected chi connectivity index (χ1v) is 7.81. The Kier molecular flexibility index (Phi) is 4.34. The number of aryl methyl sites for hydroxylation is 3. The van der Waals surface area contributed by atoms with Crippen LogP contribution in [0.2, 0.25) is 0 Å². The van der Waals surface area contributed by atoms with Gasteiger partial charge < -0.3 is 9.47 Å².